The van der Waals surface area contributed by atoms with Gasteiger partial charge in [0.2, 0.25) is 0 Å². The molecule has 0 aromatic heterocycles. The van der Waals surface area contributed by atoms with Gasteiger partial charge in [-0.2, -0.15) is 0 Å². The highest BCUT2D eigenvalue weighted by molar-refractivity contribution is 5.59. The zero-order valence-electron chi connectivity index (χ0n) is 13.2. The van der Waals surface area contributed by atoms with Gasteiger partial charge >= 0.3 is 0 Å². The molecular formula is C16H22N2. The van der Waals surface area contributed by atoms with Crippen LogP contribution in [0.3, 0.4) is 0 Å². The molecule has 3 rings (SSSR count). The number of nitrogens with zero attached hydrogens (tertiary/aromatic N) is 1. The molecule has 18 heavy (non-hydrogen) atoms. The largest absolute Gasteiger partial charge is 0.369 e. The second kappa shape index (κ2) is 4.68. The summed E-state index contributed by atoms with van der Waals surface area (Å²) in [5.74, 6) is 0.467. The molecule has 1 unspecified atom stereocenters. The van der Waals surface area contributed by atoms with Gasteiger partial charge in [0, 0.05) is 23.0 Å². The van der Waals surface area contributed by atoms with Crippen molar-refractivity contribution in [2.75, 3.05) is 11.5 Å². The molecular weight excluding hydrogens is 220 g/mol. The van der Waals surface area contributed by atoms with Crippen LogP contribution in [0.2, 0.25) is 1.41 Å². The summed E-state index contributed by atoms with van der Waals surface area (Å²) in [6.07, 6.45) is 4.83. The second-order valence-corrected chi connectivity index (χ2v) is 5.35. The summed E-state index contributed by atoms with van der Waals surface area (Å²) in [5.41, 5.74) is 4.35. The second-order valence-electron chi connectivity index (χ2n) is 5.35. The third-order valence-corrected chi connectivity index (χ3v) is 4.16. The lowest BCUT2D eigenvalue weighted by atomic mass is 10.0. The van der Waals surface area contributed by atoms with Crippen LogP contribution in [0.1, 0.15) is 39.5 Å². The van der Waals surface area contributed by atoms with E-state index in [0.717, 1.165) is 35.5 Å². The number of hydrogen-bond donors (Lipinski definition) is 1. The van der Waals surface area contributed by atoms with Gasteiger partial charge in [0.1, 0.15) is 0 Å². The number of anilines is 1. The highest BCUT2D eigenvalue weighted by atomic mass is 15.3. The predicted octanol–water partition coefficient (Wildman–Crippen LogP) is 3.78. The predicted molar refractivity (Wildman–Crippen MR) is 76.3 cm³/mol. The number of allylic oxidation sites excluding steroid dienone is 2. The lowest BCUT2D eigenvalue weighted by molar-refractivity contribution is 0.597. The number of hydrogen-bond acceptors (Lipinski definition) is 2. The van der Waals surface area contributed by atoms with Crippen LogP contribution < -0.4 is 10.2 Å². The van der Waals surface area contributed by atoms with E-state index in [4.69, 9.17) is 2.78 Å². The van der Waals surface area contributed by atoms with Crippen molar-refractivity contribution in [2.24, 2.45) is 5.92 Å². The Balaban J connectivity index is 2.01. The van der Waals surface area contributed by atoms with E-state index in [-0.39, 0.29) is 0 Å². The Kier molecular flexibility index (Phi) is 2.46. The first-order valence-corrected chi connectivity index (χ1v) is 6.87. The lowest BCUT2D eigenvalue weighted by Crippen LogP contribution is -2.23. The van der Waals surface area contributed by atoms with Gasteiger partial charge < -0.3 is 10.2 Å². The van der Waals surface area contributed by atoms with Crippen LogP contribution in [0.15, 0.2) is 35.7 Å². The van der Waals surface area contributed by atoms with E-state index in [2.05, 4.69) is 19.9 Å². The molecule has 0 bridgehead atoms. The zero-order valence-corrected chi connectivity index (χ0v) is 11.2. The van der Waals surface area contributed by atoms with Gasteiger partial charge in [0.25, 0.3) is 0 Å². The SMILES string of the molecule is [2H]C1N([2H])C(C2CCCC2)=C(C)N1c1ccccc1C. The Morgan fingerprint density at radius 1 is 1.28 bits per heavy atom. The topological polar surface area (TPSA) is 15.3 Å². The van der Waals surface area contributed by atoms with E-state index in [1.54, 1.807) is 0 Å². The first-order chi connectivity index (χ1) is 9.61. The van der Waals surface area contributed by atoms with Gasteiger partial charge in [0.15, 0.2) is 1.41 Å². The fraction of sp³-hybridized carbons (Fsp3) is 0.500. The number of aryl methyl sites for hydroxylation is 1. The fourth-order valence-corrected chi connectivity index (χ4v) is 3.10. The first-order valence-electron chi connectivity index (χ1n) is 7.89. The molecule has 1 N–H and O–H groups in total. The minimum atomic E-state index is -0.660. The van der Waals surface area contributed by atoms with Crippen molar-refractivity contribution in [3.63, 3.8) is 0 Å². The minimum absolute atomic E-state index is 0.467. The fourth-order valence-electron chi connectivity index (χ4n) is 3.10. The molecule has 0 saturated heterocycles. The summed E-state index contributed by atoms with van der Waals surface area (Å²) in [6.45, 7) is 3.47. The first kappa shape index (κ1) is 9.48. The molecule has 2 nitrogen and oxygen atoms in total. The molecule has 1 aliphatic heterocycles. The maximum Gasteiger partial charge on any atom is 0.162 e. The molecule has 96 valence electrons. The molecule has 1 aliphatic carbocycles. The summed E-state index contributed by atoms with van der Waals surface area (Å²) in [5, 5.41) is 1.41. The summed E-state index contributed by atoms with van der Waals surface area (Å²) in [7, 11) is 0. The molecule has 0 amide bonds. The Labute approximate surface area is 113 Å². The van der Waals surface area contributed by atoms with Crippen molar-refractivity contribution < 1.29 is 2.78 Å². The van der Waals surface area contributed by atoms with Crippen molar-refractivity contribution in [3.05, 3.63) is 41.2 Å². The number of benzene rings is 1. The average molecular weight is 244 g/mol. The van der Waals surface area contributed by atoms with Gasteiger partial charge in [-0.05, 0) is 38.3 Å². The van der Waals surface area contributed by atoms with Crippen LogP contribution in [-0.2, 0) is 0 Å². The van der Waals surface area contributed by atoms with Gasteiger partial charge in [-0.3, -0.25) is 0 Å². The molecule has 1 saturated carbocycles. The third-order valence-electron chi connectivity index (χ3n) is 4.16. The van der Waals surface area contributed by atoms with Crippen molar-refractivity contribution in [2.45, 2.75) is 39.5 Å². The number of nitrogens with one attached hydrogen (secondary N) is 1. The minimum Gasteiger partial charge on any atom is -0.369 e. The highest BCUT2D eigenvalue weighted by Gasteiger charge is 2.28. The third kappa shape index (κ3) is 1.90. The maximum atomic E-state index is 8.38. The molecule has 1 aromatic rings. The summed E-state index contributed by atoms with van der Waals surface area (Å²) in [6, 6.07) is 8.14. The zero-order chi connectivity index (χ0) is 14.3. The summed E-state index contributed by atoms with van der Waals surface area (Å²) in [4.78, 5) is 2.00. The van der Waals surface area contributed by atoms with E-state index in [1.807, 2.05) is 23.1 Å². The van der Waals surface area contributed by atoms with Crippen LogP contribution in [0, 0.1) is 12.8 Å². The Bertz CT molecular complexity index is 535. The summed E-state index contributed by atoms with van der Waals surface area (Å²) < 4.78 is 16.7. The molecule has 0 radical (unpaired) electrons. The Morgan fingerprint density at radius 2 is 2.00 bits per heavy atom. The van der Waals surface area contributed by atoms with Crippen molar-refractivity contribution >= 4 is 5.69 Å². The van der Waals surface area contributed by atoms with Crippen LogP contribution in [0.4, 0.5) is 5.69 Å². The van der Waals surface area contributed by atoms with Gasteiger partial charge in [0.05, 0.1) is 8.02 Å². The highest BCUT2D eigenvalue weighted by Crippen LogP contribution is 2.36. The maximum absolute atomic E-state index is 8.38. The van der Waals surface area contributed by atoms with Gasteiger partial charge in [-0.1, -0.05) is 31.0 Å². The standard InChI is InChI=1S/C16H22N2/c1-12-7-3-6-10-15(12)18-11-17-16(13(18)2)14-8-4-5-9-14/h3,6-7,10,14,17H,4-5,8-9,11H2,1-2H3/i11D/hD. The smallest absolute Gasteiger partial charge is 0.162 e. The molecule has 1 fully saturated rings. The number of para-hydroxylation sites is 1. The van der Waals surface area contributed by atoms with Crippen molar-refractivity contribution in [1.82, 2.24) is 5.31 Å². The van der Waals surface area contributed by atoms with Crippen molar-refractivity contribution in [3.8, 4) is 0 Å². The van der Waals surface area contributed by atoms with E-state index in [0.29, 0.717) is 5.92 Å². The van der Waals surface area contributed by atoms with Gasteiger partial charge in [-0.15, -0.1) is 0 Å². The van der Waals surface area contributed by atoms with Crippen LogP contribution in [-0.4, -0.2) is 6.64 Å². The summed E-state index contributed by atoms with van der Waals surface area (Å²) >= 11 is 0. The average Bonchev–Trinajstić information content (AvgIpc) is 3.01. The monoisotopic (exact) mass is 244 g/mol. The van der Waals surface area contributed by atoms with Crippen LogP contribution in [0.5, 0.6) is 0 Å². The molecule has 2 aliphatic rings. The molecule has 1 heterocycles. The molecule has 2 heteroatoms. The van der Waals surface area contributed by atoms with Gasteiger partial charge in [-0.25, -0.2) is 0 Å². The van der Waals surface area contributed by atoms with E-state index in [1.165, 1.54) is 18.2 Å². The van der Waals surface area contributed by atoms with E-state index in [9.17, 15) is 0 Å². The molecule has 1 aromatic carbocycles. The van der Waals surface area contributed by atoms with E-state index < -0.39 is 6.64 Å². The Hall–Kier alpha value is -1.44. The van der Waals surface area contributed by atoms with Crippen molar-refractivity contribution in [1.29, 1.82) is 0 Å². The molecule has 1 atom stereocenters. The van der Waals surface area contributed by atoms with Crippen LogP contribution in [0.25, 0.3) is 0 Å². The number of rotatable bonds is 2. The quantitative estimate of drug-likeness (QED) is 0.851. The molecule has 0 spiro atoms. The van der Waals surface area contributed by atoms with Crippen LogP contribution >= 0.6 is 0 Å². The normalized spacial score (nSPS) is 26.9. The Morgan fingerprint density at radius 3 is 2.72 bits per heavy atom. The van der Waals surface area contributed by atoms with E-state index >= 15 is 0 Å². The lowest BCUT2D eigenvalue weighted by Gasteiger charge is -2.21.